The highest BCUT2D eigenvalue weighted by Crippen LogP contribution is 2.31. The molecule has 2 aromatic carbocycles. The Hall–Kier alpha value is -2.62. The van der Waals surface area contributed by atoms with Gasteiger partial charge in [-0.05, 0) is 55.7 Å². The smallest absolute Gasteiger partial charge is 0.253 e. The average molecular weight is 576 g/mol. The van der Waals surface area contributed by atoms with Gasteiger partial charge >= 0.3 is 0 Å². The van der Waals surface area contributed by atoms with Crippen LogP contribution in [0.4, 0.5) is 11.4 Å². The summed E-state index contributed by atoms with van der Waals surface area (Å²) < 4.78 is 16.5. The molecule has 9 heteroatoms. The molecule has 0 aliphatic heterocycles. The van der Waals surface area contributed by atoms with E-state index in [2.05, 4.69) is 31.4 Å². The van der Waals surface area contributed by atoms with E-state index in [1.807, 2.05) is 25.1 Å². The maximum atomic E-state index is 12.2. The minimum absolute atomic E-state index is 0.0870. The number of nitrogens with two attached hydrogens (primary N) is 1. The summed E-state index contributed by atoms with van der Waals surface area (Å²) in [6.45, 7) is 9.75. The molecular formula is C32H53N3O6. The SMILES string of the molecule is CCCCCCC(C)Nc1c(NC[C@H](O)[C@@H](N)C[C@H](Cc2ccc(OC)c(OCCCOC)c2)C(C)C)c(=O)c1=O. The fourth-order valence-electron chi connectivity index (χ4n) is 5.00. The van der Waals surface area contributed by atoms with Gasteiger partial charge in [0.05, 0.1) is 19.8 Å². The van der Waals surface area contributed by atoms with Gasteiger partial charge in [-0.2, -0.15) is 0 Å². The van der Waals surface area contributed by atoms with E-state index in [1.165, 1.54) is 12.8 Å². The van der Waals surface area contributed by atoms with Crippen molar-refractivity contribution in [1.29, 1.82) is 0 Å². The van der Waals surface area contributed by atoms with Crippen LogP contribution in [0.1, 0.15) is 78.2 Å². The zero-order valence-electron chi connectivity index (χ0n) is 26.0. The first-order valence-electron chi connectivity index (χ1n) is 15.2. The van der Waals surface area contributed by atoms with Crippen LogP contribution in [-0.2, 0) is 11.2 Å². The number of anilines is 2. The van der Waals surface area contributed by atoms with Gasteiger partial charge in [0.1, 0.15) is 11.4 Å². The van der Waals surface area contributed by atoms with Gasteiger partial charge in [0.2, 0.25) is 0 Å². The fourth-order valence-corrected chi connectivity index (χ4v) is 5.00. The maximum absolute atomic E-state index is 12.2. The summed E-state index contributed by atoms with van der Waals surface area (Å²) >= 11 is 0. The topological polar surface area (TPSA) is 132 Å². The molecule has 0 radical (unpaired) electrons. The summed E-state index contributed by atoms with van der Waals surface area (Å²) in [5.74, 6) is 1.93. The monoisotopic (exact) mass is 575 g/mol. The van der Waals surface area contributed by atoms with E-state index in [0.29, 0.717) is 42.7 Å². The first-order chi connectivity index (χ1) is 19.6. The Bertz CT molecular complexity index is 1100. The minimum Gasteiger partial charge on any atom is -0.493 e. The zero-order chi connectivity index (χ0) is 30.4. The molecule has 0 saturated carbocycles. The predicted molar refractivity (Wildman–Crippen MR) is 167 cm³/mol. The highest BCUT2D eigenvalue weighted by molar-refractivity contribution is 5.74. The number of hydrogen-bond acceptors (Lipinski definition) is 9. The summed E-state index contributed by atoms with van der Waals surface area (Å²) in [4.78, 5) is 24.4. The van der Waals surface area contributed by atoms with Crippen LogP contribution in [0.3, 0.4) is 0 Å². The lowest BCUT2D eigenvalue weighted by molar-refractivity contribution is 0.137. The molecule has 9 nitrogen and oxygen atoms in total. The van der Waals surface area contributed by atoms with Gasteiger partial charge < -0.3 is 35.7 Å². The Morgan fingerprint density at radius 1 is 0.951 bits per heavy atom. The minimum atomic E-state index is -0.879. The van der Waals surface area contributed by atoms with Crippen molar-refractivity contribution in [3.05, 3.63) is 44.2 Å². The summed E-state index contributed by atoms with van der Waals surface area (Å²) in [6.07, 6.45) is 6.80. The number of aliphatic hydroxyl groups excluding tert-OH is 1. The van der Waals surface area contributed by atoms with E-state index < -0.39 is 23.0 Å². The third-order valence-electron chi connectivity index (χ3n) is 7.77. The van der Waals surface area contributed by atoms with E-state index in [0.717, 1.165) is 37.7 Å². The van der Waals surface area contributed by atoms with Crippen molar-refractivity contribution >= 4 is 11.4 Å². The lowest BCUT2D eigenvalue weighted by atomic mass is 9.83. The fraction of sp³-hybridized carbons (Fsp3) is 0.688. The molecule has 5 N–H and O–H groups in total. The molecule has 0 aliphatic carbocycles. The zero-order valence-corrected chi connectivity index (χ0v) is 26.0. The molecule has 1 unspecified atom stereocenters. The van der Waals surface area contributed by atoms with Crippen molar-refractivity contribution in [3.63, 3.8) is 0 Å². The van der Waals surface area contributed by atoms with E-state index in [-0.39, 0.29) is 24.2 Å². The van der Waals surface area contributed by atoms with Crippen molar-refractivity contribution in [3.8, 4) is 11.5 Å². The van der Waals surface area contributed by atoms with Gasteiger partial charge in [0.15, 0.2) is 11.5 Å². The molecule has 2 aromatic rings. The van der Waals surface area contributed by atoms with Crippen LogP contribution in [0.2, 0.25) is 0 Å². The number of rotatable bonds is 22. The molecule has 0 aliphatic rings. The molecule has 0 fully saturated rings. The average Bonchev–Trinajstić information content (AvgIpc) is 2.96. The molecule has 0 saturated heterocycles. The van der Waals surface area contributed by atoms with Gasteiger partial charge in [-0.3, -0.25) is 9.59 Å². The highest BCUT2D eigenvalue weighted by atomic mass is 16.5. The van der Waals surface area contributed by atoms with Gasteiger partial charge in [0.25, 0.3) is 10.9 Å². The highest BCUT2D eigenvalue weighted by Gasteiger charge is 2.26. The number of ether oxygens (including phenoxy) is 3. The first kappa shape index (κ1) is 34.6. The number of unbranched alkanes of at least 4 members (excludes halogenated alkanes) is 3. The van der Waals surface area contributed by atoms with Crippen LogP contribution < -0.4 is 36.7 Å². The van der Waals surface area contributed by atoms with Gasteiger partial charge in [-0.25, -0.2) is 0 Å². The van der Waals surface area contributed by atoms with Crippen LogP contribution in [0.25, 0.3) is 0 Å². The Balaban J connectivity index is 1.95. The Labute approximate surface area is 245 Å². The largest absolute Gasteiger partial charge is 0.493 e. The number of benzene rings is 1. The van der Waals surface area contributed by atoms with Crippen molar-refractivity contribution in [2.45, 2.75) is 97.2 Å². The molecule has 0 bridgehead atoms. The van der Waals surface area contributed by atoms with Crippen LogP contribution >= 0.6 is 0 Å². The van der Waals surface area contributed by atoms with E-state index in [9.17, 15) is 14.7 Å². The second-order valence-electron chi connectivity index (χ2n) is 11.5. The van der Waals surface area contributed by atoms with Crippen LogP contribution in [0, 0.1) is 11.8 Å². The van der Waals surface area contributed by atoms with E-state index in [1.54, 1.807) is 14.2 Å². The third kappa shape index (κ3) is 10.9. The number of aliphatic hydroxyl groups is 1. The van der Waals surface area contributed by atoms with Crippen LogP contribution in [0.5, 0.6) is 11.5 Å². The lowest BCUT2D eigenvalue weighted by Crippen LogP contribution is -2.44. The molecule has 0 heterocycles. The number of nitrogens with one attached hydrogen (secondary N) is 2. The van der Waals surface area contributed by atoms with Gasteiger partial charge in [0, 0.05) is 38.8 Å². The summed E-state index contributed by atoms with van der Waals surface area (Å²) in [7, 11) is 3.29. The van der Waals surface area contributed by atoms with Gasteiger partial charge in [-0.1, -0.05) is 52.5 Å². The van der Waals surface area contributed by atoms with Crippen molar-refractivity contribution in [1.82, 2.24) is 0 Å². The second-order valence-corrected chi connectivity index (χ2v) is 11.5. The predicted octanol–water partition coefficient (Wildman–Crippen LogP) is 4.48. The molecule has 4 atom stereocenters. The first-order valence-corrected chi connectivity index (χ1v) is 15.2. The van der Waals surface area contributed by atoms with Crippen LogP contribution in [0.15, 0.2) is 27.8 Å². The van der Waals surface area contributed by atoms with E-state index in [4.69, 9.17) is 19.9 Å². The van der Waals surface area contributed by atoms with Gasteiger partial charge in [-0.15, -0.1) is 0 Å². The molecule has 0 amide bonds. The molecule has 0 spiro atoms. The maximum Gasteiger partial charge on any atom is 0.253 e. The number of hydrogen-bond donors (Lipinski definition) is 4. The molecular weight excluding hydrogens is 522 g/mol. The molecule has 41 heavy (non-hydrogen) atoms. The standard InChI is InChI=1S/C32H53N3O6/c1-7-8-9-10-12-22(4)35-30-29(31(37)32(30)38)34-20-26(36)25(33)19-24(21(2)3)17-23-13-14-27(40-6)28(18-23)41-16-11-15-39-5/h13-14,18,21-22,24-26,34-36H,7-12,15-17,19-20,33H2,1-6H3/t22?,24-,25-,26-/m0/s1. The van der Waals surface area contributed by atoms with Crippen molar-refractivity contribution < 1.29 is 19.3 Å². The van der Waals surface area contributed by atoms with Crippen molar-refractivity contribution in [2.75, 3.05) is 44.6 Å². The quantitative estimate of drug-likeness (QED) is 0.118. The summed E-state index contributed by atoms with van der Waals surface area (Å²) in [5.41, 5.74) is 7.07. The normalized spacial score (nSPS) is 14.6. The Morgan fingerprint density at radius 2 is 1.68 bits per heavy atom. The van der Waals surface area contributed by atoms with E-state index >= 15 is 0 Å². The Morgan fingerprint density at radius 3 is 2.34 bits per heavy atom. The lowest BCUT2D eigenvalue weighted by Gasteiger charge is -2.28. The molecule has 2 rings (SSSR count). The summed E-state index contributed by atoms with van der Waals surface area (Å²) in [6, 6.07) is 5.54. The summed E-state index contributed by atoms with van der Waals surface area (Å²) in [5, 5.41) is 17.0. The molecule has 232 valence electrons. The van der Waals surface area contributed by atoms with Crippen molar-refractivity contribution in [2.24, 2.45) is 17.6 Å². The Kier molecular flexibility index (Phi) is 15.2. The number of methoxy groups -OCH3 is 2. The second kappa shape index (κ2) is 18.0. The molecule has 0 aromatic heterocycles. The van der Waals surface area contributed by atoms with Crippen LogP contribution in [-0.4, -0.2) is 57.3 Å². The third-order valence-corrected chi connectivity index (χ3v) is 7.77.